The maximum absolute atomic E-state index is 13.7. The van der Waals surface area contributed by atoms with E-state index in [1.54, 1.807) is 30.3 Å². The van der Waals surface area contributed by atoms with Crippen LogP contribution < -0.4 is 36.6 Å². The van der Waals surface area contributed by atoms with Crippen molar-refractivity contribution in [1.82, 2.24) is 4.98 Å². The molecule has 0 saturated heterocycles. The van der Waals surface area contributed by atoms with Gasteiger partial charge in [0.2, 0.25) is 5.88 Å². The normalized spacial score (nSPS) is 11.2. The Kier molecular flexibility index (Phi) is 18.5. The van der Waals surface area contributed by atoms with Gasteiger partial charge in [-0.05, 0) is 131 Å². The Bertz CT molecular complexity index is 2630. The van der Waals surface area contributed by atoms with Crippen molar-refractivity contribution in [3.05, 3.63) is 164 Å². The number of benzene rings is 5. The second-order valence-corrected chi connectivity index (χ2v) is 17.7. The molecule has 0 spiro atoms. The van der Waals surface area contributed by atoms with E-state index < -0.39 is 17.8 Å². The first kappa shape index (κ1) is 53.2. The van der Waals surface area contributed by atoms with Crippen LogP contribution in [0.4, 0.5) is 56.9 Å². The van der Waals surface area contributed by atoms with E-state index in [4.69, 9.17) is 27.8 Å². The number of nitrogen functional groups attached to an aromatic ring is 2. The number of hydrogen-bond donors (Lipinski definition) is 4. The zero-order valence-electron chi connectivity index (χ0n) is 41.0. The van der Waals surface area contributed by atoms with Crippen molar-refractivity contribution in [1.29, 1.82) is 0 Å². The van der Waals surface area contributed by atoms with E-state index in [9.17, 15) is 22.8 Å². The molecule has 366 valence electrons. The molecule has 5 aromatic carbocycles. The van der Waals surface area contributed by atoms with E-state index in [1.807, 2.05) is 75.4 Å². The number of pyridine rings is 1. The van der Waals surface area contributed by atoms with Crippen LogP contribution >= 0.6 is 11.6 Å². The molecule has 0 atom stereocenters. The second-order valence-electron chi connectivity index (χ2n) is 17.3. The Balaban J connectivity index is 0.000000258. The van der Waals surface area contributed by atoms with Crippen molar-refractivity contribution in [2.75, 3.05) is 39.0 Å². The lowest BCUT2D eigenvalue weighted by Crippen LogP contribution is -2.35. The van der Waals surface area contributed by atoms with Gasteiger partial charge in [-0.15, -0.1) is 0 Å². The standard InChI is InChI=1S/C28H31ClF3N3O.C27H34N4O2/c1-5-22-24(29)15-25(33)23(6-2)26(22)34-27(36)35(21-13-9-19(10-14-21)17(3)4)16-18-7-11-20(12-8-18)28(30,31)32;1-6-20-11-14-24(28)23(7-2)26(20)30-27(32)31(17-19-8-15-25(33-5)29-16-19)22-12-9-21(10-13-22)18(3)4/h7-15,17H,5-6,16,33H2,1-4H3,(H,34,36);8-16,18H,6-7,17,28H2,1-5H3,(H,30,32). The number of alkyl halides is 3. The summed E-state index contributed by atoms with van der Waals surface area (Å²) in [5.41, 5.74) is 23.1. The minimum Gasteiger partial charge on any atom is -0.481 e. The van der Waals surface area contributed by atoms with E-state index in [0.29, 0.717) is 70.4 Å². The molecular formula is C55H65ClF3N7O3. The van der Waals surface area contributed by atoms with Gasteiger partial charge in [-0.1, -0.05) is 116 Å². The van der Waals surface area contributed by atoms with Crippen molar-refractivity contribution < 1.29 is 27.5 Å². The number of carbonyl (C=O) groups is 2. The van der Waals surface area contributed by atoms with Gasteiger partial charge in [0.05, 0.1) is 37.1 Å². The van der Waals surface area contributed by atoms with Gasteiger partial charge in [0, 0.05) is 40.0 Å². The lowest BCUT2D eigenvalue weighted by Gasteiger charge is -2.26. The number of halogens is 4. The summed E-state index contributed by atoms with van der Waals surface area (Å²) in [6.45, 7) is 16.9. The summed E-state index contributed by atoms with van der Waals surface area (Å²) in [5.74, 6) is 1.26. The number of amides is 4. The number of hydrogen-bond acceptors (Lipinski definition) is 6. The fourth-order valence-electron chi connectivity index (χ4n) is 7.96. The van der Waals surface area contributed by atoms with Crippen LogP contribution in [0.1, 0.15) is 117 Å². The van der Waals surface area contributed by atoms with Crippen LogP contribution in [-0.2, 0) is 44.9 Å². The Morgan fingerprint density at radius 1 is 0.638 bits per heavy atom. The number of aryl methyl sites for hydroxylation is 1. The fourth-order valence-corrected chi connectivity index (χ4v) is 8.30. The Hall–Kier alpha value is -6.73. The summed E-state index contributed by atoms with van der Waals surface area (Å²) in [4.78, 5) is 34.8. The molecule has 1 aromatic heterocycles. The zero-order valence-corrected chi connectivity index (χ0v) is 41.8. The minimum absolute atomic E-state index is 0.0734. The molecule has 6 aromatic rings. The fraction of sp³-hybridized carbons (Fsp3) is 0.327. The van der Waals surface area contributed by atoms with Gasteiger partial charge in [-0.3, -0.25) is 9.80 Å². The highest BCUT2D eigenvalue weighted by Crippen LogP contribution is 2.36. The number of urea groups is 2. The third-order valence-corrected chi connectivity index (χ3v) is 12.4. The van der Waals surface area contributed by atoms with Gasteiger partial charge in [-0.25, -0.2) is 14.6 Å². The van der Waals surface area contributed by atoms with Gasteiger partial charge in [0.25, 0.3) is 0 Å². The first-order chi connectivity index (χ1) is 32.8. The van der Waals surface area contributed by atoms with Crippen LogP contribution in [0, 0.1) is 0 Å². The smallest absolute Gasteiger partial charge is 0.416 e. The van der Waals surface area contributed by atoms with Crippen molar-refractivity contribution in [3.8, 4) is 5.88 Å². The quantitative estimate of drug-likeness (QED) is 0.0756. The highest BCUT2D eigenvalue weighted by atomic mass is 35.5. The molecule has 1 heterocycles. The van der Waals surface area contributed by atoms with Crippen LogP contribution in [0.3, 0.4) is 0 Å². The van der Waals surface area contributed by atoms with E-state index in [0.717, 1.165) is 69.7 Å². The largest absolute Gasteiger partial charge is 0.481 e. The van der Waals surface area contributed by atoms with Crippen molar-refractivity contribution in [2.45, 2.75) is 112 Å². The van der Waals surface area contributed by atoms with E-state index in [1.165, 1.54) is 22.6 Å². The van der Waals surface area contributed by atoms with E-state index in [2.05, 4.69) is 62.4 Å². The van der Waals surface area contributed by atoms with Gasteiger partial charge < -0.3 is 26.8 Å². The molecule has 0 radical (unpaired) electrons. The molecule has 4 amide bonds. The minimum atomic E-state index is -4.43. The van der Waals surface area contributed by atoms with Crippen LogP contribution in [0.5, 0.6) is 5.88 Å². The first-order valence-electron chi connectivity index (χ1n) is 23.4. The summed E-state index contributed by atoms with van der Waals surface area (Å²) < 4.78 is 44.3. The SMILES string of the molecule is CCc1c(N)cc(Cl)c(CC)c1NC(=O)N(Cc1ccc(C(F)(F)F)cc1)c1ccc(C(C)C)cc1.CCc1ccc(N)c(CC)c1NC(=O)N(Cc1ccc(OC)nc1)c1ccc(C(C)C)cc1. The lowest BCUT2D eigenvalue weighted by molar-refractivity contribution is -0.137. The van der Waals surface area contributed by atoms with Gasteiger partial charge in [0.15, 0.2) is 0 Å². The molecule has 6 rings (SSSR count). The molecule has 69 heavy (non-hydrogen) atoms. The molecule has 0 saturated carbocycles. The number of rotatable bonds is 15. The van der Waals surface area contributed by atoms with Crippen LogP contribution in [0.2, 0.25) is 5.02 Å². The summed E-state index contributed by atoms with van der Waals surface area (Å²) >= 11 is 6.44. The molecule has 0 unspecified atom stereocenters. The number of anilines is 6. The average Bonchev–Trinajstić information content (AvgIpc) is 3.33. The number of ether oxygens (including phenoxy) is 1. The lowest BCUT2D eigenvalue weighted by atomic mass is 10.0. The topological polar surface area (TPSA) is 139 Å². The maximum atomic E-state index is 13.7. The van der Waals surface area contributed by atoms with Gasteiger partial charge >= 0.3 is 18.2 Å². The number of methoxy groups -OCH3 is 1. The third-order valence-electron chi connectivity index (χ3n) is 12.1. The number of nitrogens with zero attached hydrogens (tertiary/aromatic N) is 3. The molecule has 0 bridgehead atoms. The maximum Gasteiger partial charge on any atom is 0.416 e. The number of nitrogens with two attached hydrogens (primary N) is 2. The number of nitrogens with one attached hydrogen (secondary N) is 2. The molecule has 0 aliphatic heterocycles. The molecule has 10 nitrogen and oxygen atoms in total. The third kappa shape index (κ3) is 13.5. The van der Waals surface area contributed by atoms with Crippen LogP contribution in [-0.4, -0.2) is 24.2 Å². The molecule has 0 aliphatic rings. The second kappa shape index (κ2) is 24.0. The molecule has 0 fully saturated rings. The molecule has 0 aliphatic carbocycles. The predicted octanol–water partition coefficient (Wildman–Crippen LogP) is 14.6. The highest BCUT2D eigenvalue weighted by Gasteiger charge is 2.30. The number of aromatic nitrogens is 1. The van der Waals surface area contributed by atoms with Crippen LogP contribution in [0.25, 0.3) is 0 Å². The Morgan fingerprint density at radius 3 is 1.55 bits per heavy atom. The zero-order chi connectivity index (χ0) is 50.6. The Labute approximate surface area is 410 Å². The summed E-state index contributed by atoms with van der Waals surface area (Å²) in [7, 11) is 1.58. The summed E-state index contributed by atoms with van der Waals surface area (Å²) in [5, 5.41) is 6.63. The highest BCUT2D eigenvalue weighted by molar-refractivity contribution is 6.32. The predicted molar refractivity (Wildman–Crippen MR) is 278 cm³/mol. The monoisotopic (exact) mass is 963 g/mol. The summed E-state index contributed by atoms with van der Waals surface area (Å²) in [6.07, 6.45) is 0.0193. The molecule has 14 heteroatoms. The van der Waals surface area contributed by atoms with Crippen molar-refractivity contribution >= 4 is 57.8 Å². The first-order valence-corrected chi connectivity index (χ1v) is 23.7. The van der Waals surface area contributed by atoms with E-state index in [-0.39, 0.29) is 12.6 Å². The van der Waals surface area contributed by atoms with Crippen molar-refractivity contribution in [3.63, 3.8) is 0 Å². The van der Waals surface area contributed by atoms with Crippen LogP contribution in [0.15, 0.2) is 109 Å². The molecule has 6 N–H and O–H groups in total. The van der Waals surface area contributed by atoms with Crippen molar-refractivity contribution in [2.24, 2.45) is 0 Å². The molecular weight excluding hydrogens is 899 g/mol. The summed E-state index contributed by atoms with van der Waals surface area (Å²) in [6, 6.07) is 29.2. The Morgan fingerprint density at radius 2 is 1.12 bits per heavy atom. The van der Waals surface area contributed by atoms with E-state index >= 15 is 0 Å². The van der Waals surface area contributed by atoms with Gasteiger partial charge in [0.1, 0.15) is 0 Å². The van der Waals surface area contributed by atoms with Gasteiger partial charge in [-0.2, -0.15) is 13.2 Å². The number of carbonyl (C=O) groups excluding carboxylic acids is 2. The average molecular weight is 965 g/mol.